The van der Waals surface area contributed by atoms with Crippen LogP contribution in [0.25, 0.3) is 0 Å². The maximum atomic E-state index is 13.3. The van der Waals surface area contributed by atoms with Crippen LogP contribution in [0, 0.1) is 17.6 Å². The number of hydrogen-bond donors (Lipinski definition) is 2. The number of carbonyl (C=O) groups excluding carboxylic acids is 1. The fourth-order valence-electron chi connectivity index (χ4n) is 1.50. The number of amides is 1. The van der Waals surface area contributed by atoms with Crippen LogP contribution in [0.4, 0.5) is 14.5 Å². The van der Waals surface area contributed by atoms with Gasteiger partial charge in [0.15, 0.2) is 0 Å². The second-order valence-electron chi connectivity index (χ2n) is 3.86. The van der Waals surface area contributed by atoms with Crippen LogP contribution in [-0.2, 0) is 4.79 Å². The molecule has 0 aliphatic rings. The van der Waals surface area contributed by atoms with Gasteiger partial charge in [0.1, 0.15) is 11.6 Å². The Balaban J connectivity index is 2.85. The SMILES string of the molecule is CCCC(C(=O)Nc1cc(F)ccc1F)C(N)=S. The van der Waals surface area contributed by atoms with Gasteiger partial charge in [-0.05, 0) is 18.6 Å². The highest BCUT2D eigenvalue weighted by molar-refractivity contribution is 7.80. The lowest BCUT2D eigenvalue weighted by molar-refractivity contribution is -0.118. The Morgan fingerprint density at radius 1 is 1.50 bits per heavy atom. The molecule has 1 unspecified atom stereocenters. The molecular weight excluding hydrogens is 258 g/mol. The normalized spacial score (nSPS) is 11.9. The largest absolute Gasteiger partial charge is 0.393 e. The van der Waals surface area contributed by atoms with Gasteiger partial charge in [-0.3, -0.25) is 4.79 Å². The van der Waals surface area contributed by atoms with Crippen molar-refractivity contribution in [1.82, 2.24) is 0 Å². The summed E-state index contributed by atoms with van der Waals surface area (Å²) >= 11 is 4.78. The highest BCUT2D eigenvalue weighted by Crippen LogP contribution is 2.17. The molecule has 0 fully saturated rings. The third kappa shape index (κ3) is 3.73. The third-order valence-electron chi connectivity index (χ3n) is 2.42. The molecule has 1 atom stereocenters. The fraction of sp³-hybridized carbons (Fsp3) is 0.333. The molecular formula is C12H14F2N2OS. The van der Waals surface area contributed by atoms with Crippen molar-refractivity contribution in [1.29, 1.82) is 0 Å². The fourth-order valence-corrected chi connectivity index (χ4v) is 1.73. The van der Waals surface area contributed by atoms with Gasteiger partial charge in [-0.1, -0.05) is 25.6 Å². The van der Waals surface area contributed by atoms with E-state index in [-0.39, 0.29) is 10.7 Å². The van der Waals surface area contributed by atoms with Gasteiger partial charge in [0, 0.05) is 6.07 Å². The van der Waals surface area contributed by atoms with E-state index in [9.17, 15) is 13.6 Å². The van der Waals surface area contributed by atoms with Crippen LogP contribution in [-0.4, -0.2) is 10.9 Å². The zero-order valence-corrected chi connectivity index (χ0v) is 10.7. The van der Waals surface area contributed by atoms with Gasteiger partial charge in [0.25, 0.3) is 0 Å². The van der Waals surface area contributed by atoms with Gasteiger partial charge in [-0.2, -0.15) is 0 Å². The summed E-state index contributed by atoms with van der Waals surface area (Å²) in [6, 6.07) is 2.83. The minimum absolute atomic E-state index is 0.0474. The molecule has 1 aromatic rings. The van der Waals surface area contributed by atoms with Crippen molar-refractivity contribution in [2.45, 2.75) is 19.8 Å². The van der Waals surface area contributed by atoms with Crippen LogP contribution in [0.15, 0.2) is 18.2 Å². The second kappa shape index (κ2) is 6.39. The van der Waals surface area contributed by atoms with Crippen LogP contribution < -0.4 is 11.1 Å². The minimum atomic E-state index is -0.706. The predicted molar refractivity (Wildman–Crippen MR) is 70.2 cm³/mol. The van der Waals surface area contributed by atoms with Gasteiger partial charge in [-0.15, -0.1) is 0 Å². The van der Waals surface area contributed by atoms with Crippen molar-refractivity contribution in [3.8, 4) is 0 Å². The number of thiocarbonyl (C=S) groups is 1. The van der Waals surface area contributed by atoms with Crippen LogP contribution in [0.2, 0.25) is 0 Å². The number of hydrogen-bond acceptors (Lipinski definition) is 2. The average molecular weight is 272 g/mol. The molecule has 1 amide bonds. The molecule has 98 valence electrons. The summed E-state index contributed by atoms with van der Waals surface area (Å²) in [5, 5.41) is 2.30. The number of rotatable bonds is 5. The average Bonchev–Trinajstić information content (AvgIpc) is 2.30. The first-order chi connectivity index (χ1) is 8.45. The molecule has 0 radical (unpaired) electrons. The number of halogens is 2. The molecule has 0 spiro atoms. The number of anilines is 1. The van der Waals surface area contributed by atoms with Crippen molar-refractivity contribution in [2.75, 3.05) is 5.32 Å². The predicted octanol–water partition coefficient (Wildman–Crippen LogP) is 2.61. The van der Waals surface area contributed by atoms with E-state index in [1.54, 1.807) is 0 Å². The van der Waals surface area contributed by atoms with Gasteiger partial charge in [0.2, 0.25) is 5.91 Å². The number of benzene rings is 1. The lowest BCUT2D eigenvalue weighted by Crippen LogP contribution is -2.33. The van der Waals surface area contributed by atoms with Gasteiger partial charge in [0.05, 0.1) is 16.6 Å². The highest BCUT2D eigenvalue weighted by Gasteiger charge is 2.21. The van der Waals surface area contributed by atoms with Gasteiger partial charge >= 0.3 is 0 Å². The molecule has 1 rings (SSSR count). The number of carbonyl (C=O) groups is 1. The maximum absolute atomic E-state index is 13.3. The van der Waals surface area contributed by atoms with Crippen molar-refractivity contribution in [3.63, 3.8) is 0 Å². The summed E-state index contributed by atoms with van der Waals surface area (Å²) in [5.74, 6) is -2.53. The van der Waals surface area contributed by atoms with Crippen molar-refractivity contribution < 1.29 is 13.6 Å². The van der Waals surface area contributed by atoms with Crippen molar-refractivity contribution in [3.05, 3.63) is 29.8 Å². The summed E-state index contributed by atoms with van der Waals surface area (Å²) in [6.07, 6.45) is 1.18. The van der Waals surface area contributed by atoms with E-state index in [0.29, 0.717) is 12.8 Å². The lowest BCUT2D eigenvalue weighted by Gasteiger charge is -2.14. The van der Waals surface area contributed by atoms with Crippen LogP contribution in [0.3, 0.4) is 0 Å². The summed E-state index contributed by atoms with van der Waals surface area (Å²) in [4.78, 5) is 11.9. The smallest absolute Gasteiger partial charge is 0.234 e. The van der Waals surface area contributed by atoms with Gasteiger partial charge < -0.3 is 11.1 Å². The molecule has 0 heterocycles. The Morgan fingerprint density at radius 2 is 2.17 bits per heavy atom. The summed E-state index contributed by atoms with van der Waals surface area (Å²) in [6.45, 7) is 1.88. The summed E-state index contributed by atoms with van der Waals surface area (Å²) < 4.78 is 26.3. The first kappa shape index (κ1) is 14.5. The minimum Gasteiger partial charge on any atom is -0.393 e. The van der Waals surface area contributed by atoms with E-state index in [1.165, 1.54) is 0 Å². The molecule has 0 aliphatic heterocycles. The van der Waals surface area contributed by atoms with E-state index >= 15 is 0 Å². The molecule has 0 aromatic heterocycles. The first-order valence-electron chi connectivity index (χ1n) is 5.51. The molecule has 0 saturated heterocycles. The summed E-state index contributed by atoms with van der Waals surface area (Å²) in [5.41, 5.74) is 5.24. The number of nitrogens with two attached hydrogens (primary N) is 1. The van der Waals surface area contributed by atoms with Crippen molar-refractivity contribution >= 4 is 28.8 Å². The molecule has 3 N–H and O–H groups in total. The van der Waals surface area contributed by atoms with Crippen LogP contribution in [0.5, 0.6) is 0 Å². The Bertz CT molecular complexity index is 465. The molecule has 0 bridgehead atoms. The Morgan fingerprint density at radius 3 is 2.72 bits per heavy atom. The zero-order chi connectivity index (χ0) is 13.7. The zero-order valence-electron chi connectivity index (χ0n) is 9.87. The first-order valence-corrected chi connectivity index (χ1v) is 5.91. The third-order valence-corrected chi connectivity index (χ3v) is 2.71. The summed E-state index contributed by atoms with van der Waals surface area (Å²) in [7, 11) is 0. The standard InChI is InChI=1S/C12H14F2N2OS/c1-2-3-8(11(15)18)12(17)16-10-6-7(13)4-5-9(10)14/h4-6,8H,2-3H2,1H3,(H2,15,18)(H,16,17). The van der Waals surface area contributed by atoms with Crippen LogP contribution >= 0.6 is 12.2 Å². The van der Waals surface area contributed by atoms with Gasteiger partial charge in [-0.25, -0.2) is 8.78 Å². The van der Waals surface area contributed by atoms with E-state index in [2.05, 4.69) is 5.32 Å². The topological polar surface area (TPSA) is 55.1 Å². The van der Waals surface area contributed by atoms with E-state index in [4.69, 9.17) is 18.0 Å². The lowest BCUT2D eigenvalue weighted by atomic mass is 10.0. The Kier molecular flexibility index (Phi) is 5.15. The van der Waals surface area contributed by atoms with Crippen LogP contribution in [0.1, 0.15) is 19.8 Å². The second-order valence-corrected chi connectivity index (χ2v) is 4.33. The van der Waals surface area contributed by atoms with E-state index in [0.717, 1.165) is 18.2 Å². The monoisotopic (exact) mass is 272 g/mol. The van der Waals surface area contributed by atoms with E-state index in [1.807, 2.05) is 6.92 Å². The maximum Gasteiger partial charge on any atom is 0.234 e. The molecule has 3 nitrogen and oxygen atoms in total. The Labute approximate surface area is 109 Å². The molecule has 1 aromatic carbocycles. The Hall–Kier alpha value is -1.56. The molecule has 6 heteroatoms. The molecule has 0 aliphatic carbocycles. The quantitative estimate of drug-likeness (QED) is 0.810. The van der Waals surface area contributed by atoms with E-state index < -0.39 is 23.5 Å². The molecule has 18 heavy (non-hydrogen) atoms. The number of nitrogens with one attached hydrogen (secondary N) is 1. The highest BCUT2D eigenvalue weighted by atomic mass is 32.1. The molecule has 0 saturated carbocycles. The van der Waals surface area contributed by atoms with Crippen molar-refractivity contribution in [2.24, 2.45) is 11.7 Å².